The van der Waals surface area contributed by atoms with Crippen LogP contribution in [0.15, 0.2) is 42.5 Å². The Labute approximate surface area is 268 Å². The van der Waals surface area contributed by atoms with Gasteiger partial charge in [0.15, 0.2) is 0 Å². The van der Waals surface area contributed by atoms with Crippen LogP contribution < -0.4 is 19.7 Å². The Hall–Kier alpha value is -2.89. The Bertz CT molecular complexity index is 1170. The number of ether oxygens (including phenoxy) is 6. The van der Waals surface area contributed by atoms with E-state index in [1.165, 1.54) is 0 Å². The van der Waals surface area contributed by atoms with Crippen LogP contribution in [0.5, 0.6) is 11.5 Å². The van der Waals surface area contributed by atoms with E-state index in [0.717, 1.165) is 99.8 Å². The van der Waals surface area contributed by atoms with Crippen LogP contribution in [0.3, 0.4) is 0 Å². The number of carbonyl (C=O) groups is 1. The molecule has 1 N–H and O–H groups in total. The minimum absolute atomic E-state index is 0.0418. The van der Waals surface area contributed by atoms with E-state index >= 15 is 0 Å². The third-order valence-electron chi connectivity index (χ3n) is 8.87. The number of amides is 1. The van der Waals surface area contributed by atoms with Gasteiger partial charge < -0.3 is 43.5 Å². The molecule has 2 saturated heterocycles. The van der Waals surface area contributed by atoms with Crippen LogP contribution in [0.25, 0.3) is 0 Å². The van der Waals surface area contributed by atoms with Crippen molar-refractivity contribution in [1.29, 1.82) is 0 Å². The van der Waals surface area contributed by atoms with Gasteiger partial charge in [0.25, 0.3) is 0 Å². The number of unbranched alkanes of at least 4 members (excludes halogenated alkanes) is 1. The molecule has 1 amide bonds. The molecule has 0 aliphatic carbocycles. The van der Waals surface area contributed by atoms with E-state index in [2.05, 4.69) is 40.5 Å². The maximum Gasteiger partial charge on any atom is 0.248 e. The first-order valence-electron chi connectivity index (χ1n) is 16.6. The van der Waals surface area contributed by atoms with Crippen LogP contribution in [-0.4, -0.2) is 110 Å². The van der Waals surface area contributed by atoms with Crippen molar-refractivity contribution in [2.24, 2.45) is 0 Å². The summed E-state index contributed by atoms with van der Waals surface area (Å²) >= 11 is 0. The first-order chi connectivity index (χ1) is 22.2. The molecule has 45 heavy (non-hydrogen) atoms. The van der Waals surface area contributed by atoms with Gasteiger partial charge in [-0.1, -0.05) is 18.2 Å². The predicted octanol–water partition coefficient (Wildman–Crippen LogP) is 4.01. The number of benzene rings is 2. The van der Waals surface area contributed by atoms with Crippen LogP contribution in [0, 0.1) is 0 Å². The van der Waals surface area contributed by atoms with Gasteiger partial charge in [-0.05, 0) is 67.5 Å². The van der Waals surface area contributed by atoms with Gasteiger partial charge in [0.05, 0.1) is 37.7 Å². The number of fused-ring (bicyclic) bond motifs is 1. The predicted molar refractivity (Wildman–Crippen MR) is 173 cm³/mol. The molecule has 0 radical (unpaired) electrons. The van der Waals surface area contributed by atoms with E-state index in [1.807, 2.05) is 17.0 Å². The lowest BCUT2D eigenvalue weighted by Crippen LogP contribution is -2.51. The molecule has 3 heterocycles. The summed E-state index contributed by atoms with van der Waals surface area (Å²) in [6.45, 7) is 8.14. The smallest absolute Gasteiger partial charge is 0.248 e. The molecule has 2 aromatic carbocycles. The van der Waals surface area contributed by atoms with Gasteiger partial charge in [-0.2, -0.15) is 0 Å². The molecule has 2 fully saturated rings. The topological polar surface area (TPSA) is 91.0 Å². The number of nitrogens with zero attached hydrogens (tertiary/aromatic N) is 2. The summed E-state index contributed by atoms with van der Waals surface area (Å²) in [7, 11) is 3.46. The SMILES string of the molecule is COCCCCOc1ccc([C@@H]2[C@@H](OCc3ccc4c(c3)N(CCCOC)CCO4)CNC[C@H]2OCC(=O)N2CCCC2)cc1. The molecule has 10 heteroatoms. The third kappa shape index (κ3) is 9.56. The van der Waals surface area contributed by atoms with Gasteiger partial charge in [0.1, 0.15) is 24.7 Å². The van der Waals surface area contributed by atoms with Crippen molar-refractivity contribution in [3.8, 4) is 11.5 Å². The number of likely N-dealkylation sites (tertiary alicyclic amines) is 1. The second kappa shape index (κ2) is 17.7. The standard InChI is InChI=1S/C35H51N3O7/c1-40-18-5-6-20-42-29-11-9-28(10-12-29)35-32(23-36-24-33(35)45-26-34(39)38-14-3-4-15-38)44-25-27-8-13-31-30(22-27)37(17-21-43-31)16-7-19-41-2/h8-13,22,32-33,35-36H,3-7,14-21,23-26H2,1-2H3/t32-,33+,35+/m0/s1. The van der Waals surface area contributed by atoms with E-state index in [9.17, 15) is 4.79 Å². The molecule has 248 valence electrons. The average molecular weight is 626 g/mol. The molecule has 3 aliphatic rings. The molecule has 3 atom stereocenters. The highest BCUT2D eigenvalue weighted by atomic mass is 16.5. The zero-order chi connectivity index (χ0) is 31.3. The quantitative estimate of drug-likeness (QED) is 0.262. The zero-order valence-corrected chi connectivity index (χ0v) is 27.0. The summed E-state index contributed by atoms with van der Waals surface area (Å²) in [6.07, 6.45) is 4.67. The number of nitrogens with one attached hydrogen (secondary N) is 1. The molecule has 5 rings (SSSR count). The average Bonchev–Trinajstić information content (AvgIpc) is 3.62. The van der Waals surface area contributed by atoms with Gasteiger partial charge in [-0.15, -0.1) is 0 Å². The highest BCUT2D eigenvalue weighted by molar-refractivity contribution is 5.77. The van der Waals surface area contributed by atoms with Crippen molar-refractivity contribution in [2.75, 3.05) is 91.4 Å². The number of hydrogen-bond acceptors (Lipinski definition) is 9. The highest BCUT2D eigenvalue weighted by Crippen LogP contribution is 2.35. The number of carbonyl (C=O) groups excluding carboxylic acids is 1. The van der Waals surface area contributed by atoms with Crippen LogP contribution in [0.2, 0.25) is 0 Å². The molecule has 10 nitrogen and oxygen atoms in total. The molecule has 0 bridgehead atoms. The third-order valence-corrected chi connectivity index (χ3v) is 8.87. The van der Waals surface area contributed by atoms with E-state index in [0.29, 0.717) is 32.9 Å². The van der Waals surface area contributed by atoms with Gasteiger partial charge >= 0.3 is 0 Å². The van der Waals surface area contributed by atoms with Crippen molar-refractivity contribution in [2.45, 2.75) is 56.8 Å². The number of piperidine rings is 1. The van der Waals surface area contributed by atoms with E-state index in [1.54, 1.807) is 14.2 Å². The van der Waals surface area contributed by atoms with E-state index in [4.69, 9.17) is 28.4 Å². The summed E-state index contributed by atoms with van der Waals surface area (Å²) in [5, 5.41) is 3.51. The maximum absolute atomic E-state index is 12.9. The minimum Gasteiger partial charge on any atom is -0.494 e. The molecule has 3 aliphatic heterocycles. The van der Waals surface area contributed by atoms with E-state index in [-0.39, 0.29) is 30.6 Å². The maximum atomic E-state index is 12.9. The summed E-state index contributed by atoms with van der Waals surface area (Å²) in [6, 6.07) is 14.6. The van der Waals surface area contributed by atoms with E-state index < -0.39 is 0 Å². The number of methoxy groups -OCH3 is 2. The fraction of sp³-hybridized carbons (Fsp3) is 0.629. The summed E-state index contributed by atoms with van der Waals surface area (Å²) in [4.78, 5) is 17.1. The lowest BCUT2D eigenvalue weighted by molar-refractivity contribution is -0.139. The van der Waals surface area contributed by atoms with Crippen molar-refractivity contribution in [3.63, 3.8) is 0 Å². The number of rotatable bonds is 17. The van der Waals surface area contributed by atoms with Crippen molar-refractivity contribution in [3.05, 3.63) is 53.6 Å². The lowest BCUT2D eigenvalue weighted by Gasteiger charge is -2.39. The van der Waals surface area contributed by atoms with Crippen molar-refractivity contribution in [1.82, 2.24) is 10.2 Å². The first kappa shape index (κ1) is 33.5. The summed E-state index contributed by atoms with van der Waals surface area (Å²) in [5.74, 6) is 1.78. The highest BCUT2D eigenvalue weighted by Gasteiger charge is 2.37. The van der Waals surface area contributed by atoms with Crippen LogP contribution in [-0.2, 0) is 30.3 Å². The summed E-state index contributed by atoms with van der Waals surface area (Å²) < 4.78 is 35.4. The Morgan fingerprint density at radius 1 is 0.889 bits per heavy atom. The normalized spacial score (nSPS) is 21.4. The van der Waals surface area contributed by atoms with Crippen LogP contribution in [0.4, 0.5) is 5.69 Å². The zero-order valence-electron chi connectivity index (χ0n) is 27.0. The molecule has 0 aromatic heterocycles. The molecule has 0 spiro atoms. The molecular weight excluding hydrogens is 574 g/mol. The largest absolute Gasteiger partial charge is 0.494 e. The van der Waals surface area contributed by atoms with Crippen LogP contribution in [0.1, 0.15) is 49.1 Å². The Balaban J connectivity index is 1.27. The number of anilines is 1. The second-order valence-corrected chi connectivity index (χ2v) is 12.1. The fourth-order valence-corrected chi connectivity index (χ4v) is 6.42. The molecule has 0 saturated carbocycles. The Kier molecular flexibility index (Phi) is 13.2. The van der Waals surface area contributed by atoms with Gasteiger partial charge in [0.2, 0.25) is 5.91 Å². The van der Waals surface area contributed by atoms with Gasteiger partial charge in [0, 0.05) is 66.1 Å². The monoisotopic (exact) mass is 625 g/mol. The fourth-order valence-electron chi connectivity index (χ4n) is 6.42. The number of hydrogen-bond donors (Lipinski definition) is 1. The molecular formula is C35H51N3O7. The van der Waals surface area contributed by atoms with Crippen molar-refractivity contribution >= 4 is 11.6 Å². The molecule has 2 aromatic rings. The lowest BCUT2D eigenvalue weighted by atomic mass is 9.85. The van der Waals surface area contributed by atoms with Gasteiger partial charge in [-0.25, -0.2) is 0 Å². The molecule has 0 unspecified atom stereocenters. The van der Waals surface area contributed by atoms with Gasteiger partial charge in [-0.3, -0.25) is 4.79 Å². The Morgan fingerprint density at radius 3 is 2.40 bits per heavy atom. The minimum atomic E-state index is -0.204. The summed E-state index contributed by atoms with van der Waals surface area (Å²) in [5.41, 5.74) is 3.32. The Morgan fingerprint density at radius 2 is 1.62 bits per heavy atom. The second-order valence-electron chi connectivity index (χ2n) is 12.1. The first-order valence-corrected chi connectivity index (χ1v) is 16.6. The van der Waals surface area contributed by atoms with Crippen molar-refractivity contribution < 1.29 is 33.2 Å². The van der Waals surface area contributed by atoms with Crippen LogP contribution >= 0.6 is 0 Å².